The number of hydrogen-bond donors (Lipinski definition) is 1. The van der Waals surface area contributed by atoms with Crippen molar-refractivity contribution in [1.82, 2.24) is 10.2 Å². The van der Waals surface area contributed by atoms with Crippen LogP contribution in [-0.4, -0.2) is 56.6 Å². The quantitative estimate of drug-likeness (QED) is 0.220. The fraction of sp³-hybridized carbons (Fsp3) is 0.333. The zero-order chi connectivity index (χ0) is 31.0. The molecule has 0 aromatic heterocycles. The lowest BCUT2D eigenvalue weighted by atomic mass is 10.1. The summed E-state index contributed by atoms with van der Waals surface area (Å²) >= 11 is 14.0. The van der Waals surface area contributed by atoms with E-state index in [4.69, 9.17) is 27.9 Å². The zero-order valence-corrected chi connectivity index (χ0v) is 27.3. The number of thioether (sulfide) groups is 1. The highest BCUT2D eigenvalue weighted by Gasteiger charge is 2.34. The second kappa shape index (κ2) is 15.0. The number of nitrogens with zero attached hydrogens (tertiary/aromatic N) is 2. The maximum absolute atomic E-state index is 14.1. The van der Waals surface area contributed by atoms with Gasteiger partial charge in [-0.2, -0.15) is 0 Å². The lowest BCUT2D eigenvalue weighted by Crippen LogP contribution is -2.52. The van der Waals surface area contributed by atoms with Gasteiger partial charge in [0.25, 0.3) is 10.0 Å². The number of rotatable bonds is 13. The number of nitrogens with one attached hydrogen (secondary N) is 1. The van der Waals surface area contributed by atoms with Crippen molar-refractivity contribution in [1.29, 1.82) is 0 Å². The van der Waals surface area contributed by atoms with E-state index in [9.17, 15) is 18.0 Å². The first-order chi connectivity index (χ1) is 19.9. The van der Waals surface area contributed by atoms with Gasteiger partial charge in [0.15, 0.2) is 0 Å². The van der Waals surface area contributed by atoms with Gasteiger partial charge in [-0.25, -0.2) is 8.42 Å². The summed E-state index contributed by atoms with van der Waals surface area (Å²) in [6.45, 7) is 6.64. The third-order valence-corrected chi connectivity index (χ3v) is 9.42. The van der Waals surface area contributed by atoms with Gasteiger partial charge in [-0.05, 0) is 88.0 Å². The molecular weight excluding hydrogens is 617 g/mol. The minimum atomic E-state index is -4.25. The smallest absolute Gasteiger partial charge is 0.264 e. The van der Waals surface area contributed by atoms with Gasteiger partial charge >= 0.3 is 0 Å². The molecular formula is C30H35Cl2N3O5S2. The van der Waals surface area contributed by atoms with Crippen LogP contribution in [0.25, 0.3) is 0 Å². The van der Waals surface area contributed by atoms with Crippen molar-refractivity contribution in [3.8, 4) is 5.75 Å². The van der Waals surface area contributed by atoms with Gasteiger partial charge in [-0.15, -0.1) is 11.8 Å². The number of halogens is 2. The zero-order valence-electron chi connectivity index (χ0n) is 24.1. The molecule has 12 heteroatoms. The minimum absolute atomic E-state index is 0.0114. The highest BCUT2D eigenvalue weighted by atomic mass is 35.5. The van der Waals surface area contributed by atoms with Crippen LogP contribution in [0.2, 0.25) is 10.0 Å². The fourth-order valence-electron chi connectivity index (χ4n) is 4.15. The number of amides is 2. The number of para-hydroxylation sites is 2. The van der Waals surface area contributed by atoms with E-state index in [1.54, 1.807) is 68.4 Å². The number of carbonyl (C=O) groups is 2. The minimum Gasteiger partial charge on any atom is -0.492 e. The summed E-state index contributed by atoms with van der Waals surface area (Å²) in [5, 5.41) is 3.56. The predicted octanol–water partition coefficient (Wildman–Crippen LogP) is 6.25. The van der Waals surface area contributed by atoms with E-state index in [0.29, 0.717) is 21.4 Å². The van der Waals surface area contributed by atoms with Gasteiger partial charge in [0.2, 0.25) is 11.8 Å². The van der Waals surface area contributed by atoms with Crippen molar-refractivity contribution in [2.24, 2.45) is 0 Å². The van der Waals surface area contributed by atoms with Crippen molar-refractivity contribution >= 4 is 62.5 Å². The molecule has 0 radical (unpaired) electrons. The maximum Gasteiger partial charge on any atom is 0.264 e. The largest absolute Gasteiger partial charge is 0.492 e. The van der Waals surface area contributed by atoms with Crippen LogP contribution in [0.15, 0.2) is 76.5 Å². The third-order valence-electron chi connectivity index (χ3n) is 6.31. The van der Waals surface area contributed by atoms with E-state index in [-0.39, 0.29) is 35.7 Å². The number of hydrogen-bond acceptors (Lipinski definition) is 6. The standard InChI is InChI=1S/C30H35Cl2N3O5S2/c1-6-40-28-10-8-7-9-27(28)35(42(38,39)25-15-13-24(41-5)14-16-25)19-29(36)34(21(4)30(37)33-20(2)3)18-22-11-12-23(31)17-26(22)32/h7-17,20-21H,6,18-19H2,1-5H3,(H,33,37)/t21-/m0/s1. The Balaban J connectivity index is 2.11. The Hall–Kier alpha value is -2.92. The summed E-state index contributed by atoms with van der Waals surface area (Å²) in [6.07, 6.45) is 1.89. The molecule has 3 aromatic rings. The van der Waals surface area contributed by atoms with Crippen LogP contribution >= 0.6 is 35.0 Å². The summed E-state index contributed by atoms with van der Waals surface area (Å²) in [7, 11) is -4.25. The lowest BCUT2D eigenvalue weighted by Gasteiger charge is -2.33. The van der Waals surface area contributed by atoms with Gasteiger partial charge in [0, 0.05) is 27.5 Å². The Labute approximate surface area is 262 Å². The molecule has 226 valence electrons. The molecule has 0 aliphatic heterocycles. The molecule has 3 aromatic carbocycles. The first kappa shape index (κ1) is 33.6. The molecule has 0 aliphatic rings. The average Bonchev–Trinajstić information content (AvgIpc) is 2.95. The van der Waals surface area contributed by atoms with Crippen molar-refractivity contribution < 1.29 is 22.7 Å². The second-order valence-electron chi connectivity index (χ2n) is 9.68. The predicted molar refractivity (Wildman–Crippen MR) is 170 cm³/mol. The average molecular weight is 653 g/mol. The van der Waals surface area contributed by atoms with Crippen molar-refractivity contribution in [2.75, 3.05) is 23.7 Å². The molecule has 0 unspecified atom stereocenters. The van der Waals surface area contributed by atoms with Crippen LogP contribution in [0, 0.1) is 0 Å². The molecule has 0 bridgehead atoms. The van der Waals surface area contributed by atoms with Crippen molar-refractivity contribution in [3.63, 3.8) is 0 Å². The molecule has 3 rings (SSSR count). The third kappa shape index (κ3) is 8.34. The van der Waals surface area contributed by atoms with Crippen LogP contribution in [-0.2, 0) is 26.2 Å². The number of ether oxygens (including phenoxy) is 1. The van der Waals surface area contributed by atoms with Crippen LogP contribution in [0.3, 0.4) is 0 Å². The Morgan fingerprint density at radius 1 is 1.00 bits per heavy atom. The lowest BCUT2D eigenvalue weighted by molar-refractivity contribution is -0.139. The van der Waals surface area contributed by atoms with E-state index < -0.39 is 28.5 Å². The fourth-order valence-corrected chi connectivity index (χ4v) is 6.45. The molecule has 0 spiro atoms. The summed E-state index contributed by atoms with van der Waals surface area (Å²) in [4.78, 5) is 29.4. The highest BCUT2D eigenvalue weighted by molar-refractivity contribution is 7.98. The Morgan fingerprint density at radius 2 is 1.67 bits per heavy atom. The second-order valence-corrected chi connectivity index (χ2v) is 13.3. The maximum atomic E-state index is 14.1. The van der Waals surface area contributed by atoms with Crippen molar-refractivity contribution in [2.45, 2.75) is 56.1 Å². The summed E-state index contributed by atoms with van der Waals surface area (Å²) in [5.74, 6) is -0.696. The van der Waals surface area contributed by atoms with E-state index in [2.05, 4.69) is 5.32 Å². The highest BCUT2D eigenvalue weighted by Crippen LogP contribution is 2.33. The van der Waals surface area contributed by atoms with Gasteiger partial charge in [0.05, 0.1) is 17.2 Å². The van der Waals surface area contributed by atoms with Crippen LogP contribution in [0.5, 0.6) is 5.75 Å². The first-order valence-electron chi connectivity index (χ1n) is 13.3. The summed E-state index contributed by atoms with van der Waals surface area (Å²) in [6, 6.07) is 16.8. The Morgan fingerprint density at radius 3 is 2.26 bits per heavy atom. The number of benzene rings is 3. The topological polar surface area (TPSA) is 96.0 Å². The summed E-state index contributed by atoms with van der Waals surface area (Å²) in [5.41, 5.74) is 0.751. The monoisotopic (exact) mass is 651 g/mol. The van der Waals surface area contributed by atoms with Crippen molar-refractivity contribution in [3.05, 3.63) is 82.3 Å². The molecule has 0 fully saturated rings. The van der Waals surface area contributed by atoms with Gasteiger partial charge in [-0.1, -0.05) is 41.4 Å². The molecule has 0 saturated carbocycles. The molecule has 8 nitrogen and oxygen atoms in total. The number of anilines is 1. The normalized spacial score (nSPS) is 12.1. The molecule has 0 saturated heterocycles. The molecule has 0 heterocycles. The molecule has 1 N–H and O–H groups in total. The van der Waals surface area contributed by atoms with Crippen LogP contribution in [0.1, 0.15) is 33.3 Å². The summed E-state index contributed by atoms with van der Waals surface area (Å²) < 4.78 is 35.0. The Kier molecular flexibility index (Phi) is 12.0. The molecule has 2 amide bonds. The van der Waals surface area contributed by atoms with Gasteiger partial charge in [0.1, 0.15) is 18.3 Å². The van der Waals surface area contributed by atoms with Crippen LogP contribution < -0.4 is 14.4 Å². The van der Waals surface area contributed by atoms with E-state index in [0.717, 1.165) is 9.20 Å². The van der Waals surface area contributed by atoms with E-state index in [1.165, 1.54) is 28.8 Å². The number of sulfonamides is 1. The SMILES string of the molecule is CCOc1ccccc1N(CC(=O)N(Cc1ccc(Cl)cc1Cl)[C@@H](C)C(=O)NC(C)C)S(=O)(=O)c1ccc(SC)cc1. The molecule has 0 aliphatic carbocycles. The molecule has 1 atom stereocenters. The van der Waals surface area contributed by atoms with Gasteiger partial charge in [-0.3, -0.25) is 13.9 Å². The number of carbonyl (C=O) groups excluding carboxylic acids is 2. The molecule has 42 heavy (non-hydrogen) atoms. The van der Waals surface area contributed by atoms with Crippen LogP contribution in [0.4, 0.5) is 5.69 Å². The van der Waals surface area contributed by atoms with Gasteiger partial charge < -0.3 is 15.0 Å². The van der Waals surface area contributed by atoms with E-state index in [1.807, 2.05) is 20.1 Å². The Bertz CT molecular complexity index is 1500. The van der Waals surface area contributed by atoms with E-state index >= 15 is 0 Å². The first-order valence-corrected chi connectivity index (χ1v) is 16.7.